The Morgan fingerprint density at radius 3 is 2.76 bits per heavy atom. The molecule has 0 spiro atoms. The van der Waals surface area contributed by atoms with Crippen LogP contribution in [0.15, 0.2) is 0 Å². The van der Waals surface area contributed by atoms with E-state index in [1.807, 2.05) is 0 Å². The fourth-order valence-corrected chi connectivity index (χ4v) is 1.75. The second kappa shape index (κ2) is 5.09. The highest BCUT2D eigenvalue weighted by molar-refractivity contribution is 7.16. The fourth-order valence-electron chi connectivity index (χ4n) is 1.22. The number of nitrogens with one attached hydrogen (secondary N) is 2. The number of carbonyl (C=O) groups excluding carboxylic acids is 2. The minimum Gasteiger partial charge on any atom is -0.374 e. The Bertz CT molecular complexity index is 429. The van der Waals surface area contributed by atoms with Gasteiger partial charge >= 0.3 is 0 Å². The van der Waals surface area contributed by atoms with Gasteiger partial charge in [-0.1, -0.05) is 11.3 Å². The van der Waals surface area contributed by atoms with E-state index in [1.54, 1.807) is 0 Å². The van der Waals surface area contributed by atoms with Gasteiger partial charge in [-0.05, 0) is 12.8 Å². The lowest BCUT2D eigenvalue weighted by atomic mass is 10.4. The first-order valence-electron chi connectivity index (χ1n) is 5.31. The van der Waals surface area contributed by atoms with Gasteiger partial charge in [0.05, 0.1) is 0 Å². The highest BCUT2D eigenvalue weighted by Gasteiger charge is 2.22. The average Bonchev–Trinajstić information content (AvgIpc) is 2.97. The largest absolute Gasteiger partial charge is 0.374 e. The maximum Gasteiger partial charge on any atom is 0.282 e. The van der Waals surface area contributed by atoms with Gasteiger partial charge in [-0.3, -0.25) is 9.59 Å². The molecule has 2 amide bonds. The quantitative estimate of drug-likeness (QED) is 0.658. The van der Waals surface area contributed by atoms with Gasteiger partial charge in [0.1, 0.15) is 0 Å². The first kappa shape index (κ1) is 11.8. The minimum atomic E-state index is -0.349. The van der Waals surface area contributed by atoms with Gasteiger partial charge in [0.2, 0.25) is 16.0 Å². The molecule has 4 N–H and O–H groups in total. The number of anilines is 1. The molecular formula is C9H13N5O2S. The minimum absolute atomic E-state index is 0.0374. The van der Waals surface area contributed by atoms with E-state index in [1.165, 1.54) is 0 Å². The first-order valence-corrected chi connectivity index (χ1v) is 6.13. The number of nitrogen functional groups attached to an aromatic ring is 1. The summed E-state index contributed by atoms with van der Waals surface area (Å²) in [7, 11) is 0. The number of rotatable bonds is 5. The molecule has 1 saturated carbocycles. The molecule has 1 aromatic heterocycles. The highest BCUT2D eigenvalue weighted by Crippen LogP contribution is 2.18. The van der Waals surface area contributed by atoms with Crippen molar-refractivity contribution in [2.75, 3.05) is 12.3 Å². The van der Waals surface area contributed by atoms with Crippen molar-refractivity contribution in [3.05, 3.63) is 5.01 Å². The molecule has 0 aromatic carbocycles. The number of nitrogens with zero attached hydrogens (tertiary/aromatic N) is 2. The maximum atomic E-state index is 11.5. The summed E-state index contributed by atoms with van der Waals surface area (Å²) in [5, 5.41) is 13.0. The molecule has 1 fully saturated rings. The second-order valence-corrected chi connectivity index (χ2v) is 4.80. The van der Waals surface area contributed by atoms with Crippen LogP contribution in [0.4, 0.5) is 5.13 Å². The Morgan fingerprint density at radius 2 is 2.18 bits per heavy atom. The van der Waals surface area contributed by atoms with Crippen LogP contribution in [0.2, 0.25) is 0 Å². The van der Waals surface area contributed by atoms with Crippen LogP contribution in [0.3, 0.4) is 0 Å². The van der Waals surface area contributed by atoms with Crippen LogP contribution >= 0.6 is 11.3 Å². The number of carbonyl (C=O) groups is 2. The molecule has 17 heavy (non-hydrogen) atoms. The molecule has 0 unspecified atom stereocenters. The molecule has 2 rings (SSSR count). The van der Waals surface area contributed by atoms with Crippen LogP contribution in [0.25, 0.3) is 0 Å². The molecular weight excluding hydrogens is 242 g/mol. The molecule has 1 aliphatic carbocycles. The number of nitrogens with two attached hydrogens (primary N) is 1. The molecule has 0 aliphatic heterocycles. The first-order chi connectivity index (χ1) is 8.15. The van der Waals surface area contributed by atoms with Gasteiger partial charge in [-0.25, -0.2) is 0 Å². The third-order valence-corrected chi connectivity index (χ3v) is 2.97. The van der Waals surface area contributed by atoms with E-state index in [0.29, 0.717) is 6.04 Å². The van der Waals surface area contributed by atoms with E-state index in [0.717, 1.165) is 24.2 Å². The van der Waals surface area contributed by atoms with Crippen molar-refractivity contribution in [3.63, 3.8) is 0 Å². The van der Waals surface area contributed by atoms with Crippen molar-refractivity contribution in [3.8, 4) is 0 Å². The molecule has 1 heterocycles. The number of hydrogen-bond donors (Lipinski definition) is 3. The summed E-state index contributed by atoms with van der Waals surface area (Å²) in [6, 6.07) is 0.348. The zero-order chi connectivity index (χ0) is 12.3. The van der Waals surface area contributed by atoms with E-state index in [4.69, 9.17) is 5.73 Å². The van der Waals surface area contributed by atoms with E-state index < -0.39 is 0 Å². The summed E-state index contributed by atoms with van der Waals surface area (Å²) >= 11 is 1.02. The maximum absolute atomic E-state index is 11.5. The average molecular weight is 255 g/mol. The predicted octanol–water partition coefficient (Wildman–Crippen LogP) is -0.481. The van der Waals surface area contributed by atoms with Crippen molar-refractivity contribution in [1.82, 2.24) is 20.8 Å². The van der Waals surface area contributed by atoms with Crippen LogP contribution < -0.4 is 16.4 Å². The number of aromatic nitrogens is 2. The predicted molar refractivity (Wildman–Crippen MR) is 62.4 cm³/mol. The van der Waals surface area contributed by atoms with Gasteiger partial charge in [0, 0.05) is 19.0 Å². The number of amides is 2. The van der Waals surface area contributed by atoms with Crippen LogP contribution in [0, 0.1) is 0 Å². The molecule has 0 atom stereocenters. The molecule has 92 valence electrons. The van der Waals surface area contributed by atoms with E-state index in [2.05, 4.69) is 20.8 Å². The summed E-state index contributed by atoms with van der Waals surface area (Å²) in [6.45, 7) is 0.289. The topological polar surface area (TPSA) is 110 Å². The summed E-state index contributed by atoms with van der Waals surface area (Å²) in [4.78, 5) is 22.8. The Kier molecular flexibility index (Phi) is 3.52. The third kappa shape index (κ3) is 3.66. The Morgan fingerprint density at radius 1 is 1.41 bits per heavy atom. The second-order valence-electron chi connectivity index (χ2n) is 3.79. The van der Waals surface area contributed by atoms with Crippen LogP contribution in [0.5, 0.6) is 0 Å². The lowest BCUT2D eigenvalue weighted by Crippen LogP contribution is -2.31. The zero-order valence-electron chi connectivity index (χ0n) is 9.10. The molecule has 0 saturated heterocycles. The molecule has 1 aromatic rings. The van der Waals surface area contributed by atoms with Gasteiger partial charge < -0.3 is 16.4 Å². The molecule has 8 heteroatoms. The zero-order valence-corrected chi connectivity index (χ0v) is 9.92. The lowest BCUT2D eigenvalue weighted by Gasteiger charge is -2.03. The van der Waals surface area contributed by atoms with Gasteiger partial charge in [0.15, 0.2) is 0 Å². The van der Waals surface area contributed by atoms with E-state index in [-0.39, 0.29) is 34.9 Å². The Labute approximate surface area is 102 Å². The Hall–Kier alpha value is -1.70. The van der Waals surface area contributed by atoms with Gasteiger partial charge in [0.25, 0.3) is 5.91 Å². The van der Waals surface area contributed by atoms with Crippen molar-refractivity contribution >= 4 is 28.3 Å². The van der Waals surface area contributed by atoms with Gasteiger partial charge in [-0.2, -0.15) is 0 Å². The van der Waals surface area contributed by atoms with Crippen molar-refractivity contribution < 1.29 is 9.59 Å². The molecule has 0 radical (unpaired) electrons. The monoisotopic (exact) mass is 255 g/mol. The molecule has 7 nitrogen and oxygen atoms in total. The summed E-state index contributed by atoms with van der Waals surface area (Å²) in [5.74, 6) is -0.386. The lowest BCUT2D eigenvalue weighted by molar-refractivity contribution is -0.121. The van der Waals surface area contributed by atoms with Crippen LogP contribution in [-0.4, -0.2) is 34.6 Å². The van der Waals surface area contributed by atoms with Crippen molar-refractivity contribution in [1.29, 1.82) is 0 Å². The van der Waals surface area contributed by atoms with Crippen LogP contribution in [0.1, 0.15) is 29.1 Å². The SMILES string of the molecule is Nc1nnc(C(=O)NCCC(=O)NC2CC2)s1. The smallest absolute Gasteiger partial charge is 0.282 e. The van der Waals surface area contributed by atoms with Crippen molar-refractivity contribution in [2.24, 2.45) is 0 Å². The summed E-state index contributed by atoms with van der Waals surface area (Å²) in [6.07, 6.45) is 2.39. The molecule has 0 bridgehead atoms. The van der Waals surface area contributed by atoms with Gasteiger partial charge in [-0.15, -0.1) is 10.2 Å². The third-order valence-electron chi connectivity index (χ3n) is 2.21. The highest BCUT2D eigenvalue weighted by atomic mass is 32.1. The molecule has 1 aliphatic rings. The summed E-state index contributed by atoms with van der Waals surface area (Å²) in [5.41, 5.74) is 5.36. The van der Waals surface area contributed by atoms with Crippen LogP contribution in [-0.2, 0) is 4.79 Å². The summed E-state index contributed by atoms with van der Waals surface area (Å²) < 4.78 is 0. The Balaban J connectivity index is 1.67. The normalized spacial score (nSPS) is 14.4. The van der Waals surface area contributed by atoms with Crippen molar-refractivity contribution in [2.45, 2.75) is 25.3 Å². The fraction of sp³-hybridized carbons (Fsp3) is 0.556. The standard InChI is InChI=1S/C9H13N5O2S/c10-9-14-13-8(17-9)7(16)11-4-3-6(15)12-5-1-2-5/h5H,1-4H2,(H2,10,14)(H,11,16)(H,12,15). The van der Waals surface area contributed by atoms with E-state index in [9.17, 15) is 9.59 Å². The van der Waals surface area contributed by atoms with E-state index >= 15 is 0 Å². The number of hydrogen-bond acceptors (Lipinski definition) is 6.